The highest BCUT2D eigenvalue weighted by atomic mass is 32.2. The molecule has 4 rings (SSSR count). The molecule has 1 amide bonds. The lowest BCUT2D eigenvalue weighted by Crippen LogP contribution is -2.54. The Morgan fingerprint density at radius 2 is 1.91 bits per heavy atom. The molecule has 0 bridgehead atoms. The second kappa shape index (κ2) is 12.3. The second-order valence-corrected chi connectivity index (χ2v) is 13.9. The Kier molecular flexibility index (Phi) is 9.25. The minimum Gasteiger partial charge on any atom is -0.444 e. The number of nitrogens with zero attached hydrogens (tertiary/aromatic N) is 4. The number of likely N-dealkylation sites (tertiary alicyclic amines) is 1. The molecule has 1 saturated heterocycles. The number of ether oxygens (including phenoxy) is 2. The first kappa shape index (κ1) is 33.1. The molecule has 0 spiro atoms. The number of aromatic nitrogens is 3. The zero-order valence-corrected chi connectivity index (χ0v) is 25.8. The number of hydrogen-bond acceptors (Lipinski definition) is 10. The van der Waals surface area contributed by atoms with Crippen LogP contribution in [0, 0.1) is 19.7 Å². The number of nitrogens with one attached hydrogen (secondary N) is 2. The normalized spacial score (nSPS) is 17.0. The summed E-state index contributed by atoms with van der Waals surface area (Å²) in [5, 5.41) is 3.38. The van der Waals surface area contributed by atoms with Crippen LogP contribution in [0.4, 0.5) is 38.4 Å². The Labute approximate surface area is 253 Å². The fourth-order valence-corrected chi connectivity index (χ4v) is 5.56. The lowest BCUT2D eigenvalue weighted by atomic mass is 10.0. The van der Waals surface area contributed by atoms with E-state index in [2.05, 4.69) is 20.3 Å². The smallest absolute Gasteiger partial charge is 0.410 e. The van der Waals surface area contributed by atoms with Crippen LogP contribution in [0.3, 0.4) is 0 Å². The predicted molar refractivity (Wildman–Crippen MR) is 152 cm³/mol. The van der Waals surface area contributed by atoms with Gasteiger partial charge in [0, 0.05) is 25.2 Å². The van der Waals surface area contributed by atoms with E-state index in [0.717, 1.165) is 28.4 Å². The highest BCUT2D eigenvalue weighted by molar-refractivity contribution is 7.93. The van der Waals surface area contributed by atoms with Gasteiger partial charge in [-0.15, -0.1) is 11.3 Å². The number of rotatable bonds is 8. The average Bonchev–Trinajstić information content (AvgIpc) is 3.25. The number of benzene rings is 1. The molecule has 2 aromatic heterocycles. The number of thiazole rings is 1. The molecule has 240 valence electrons. The Bertz CT molecular complexity index is 1650. The first-order chi connectivity index (χ1) is 20.3. The van der Waals surface area contributed by atoms with Crippen LogP contribution < -0.4 is 14.8 Å². The molecule has 1 atom stereocenters. The first-order valence-corrected chi connectivity index (χ1v) is 15.4. The summed E-state index contributed by atoms with van der Waals surface area (Å²) in [6.45, 7) is 7.15. The minimum atomic E-state index is -5.10. The molecule has 3 aromatic rings. The number of anilines is 2. The fraction of sp³-hybridized carbons (Fsp3) is 0.462. The van der Waals surface area contributed by atoms with E-state index in [9.17, 15) is 35.2 Å². The van der Waals surface area contributed by atoms with Gasteiger partial charge < -0.3 is 19.7 Å². The van der Waals surface area contributed by atoms with Crippen molar-refractivity contribution < 1.29 is 44.6 Å². The van der Waals surface area contributed by atoms with Crippen molar-refractivity contribution in [3.63, 3.8) is 0 Å². The van der Waals surface area contributed by atoms with Gasteiger partial charge in [0.15, 0.2) is 5.82 Å². The van der Waals surface area contributed by atoms with Gasteiger partial charge in [-0.2, -0.15) is 8.78 Å². The molecule has 1 aromatic carbocycles. The zero-order valence-electron chi connectivity index (χ0n) is 24.1. The van der Waals surface area contributed by atoms with Crippen LogP contribution in [0.2, 0.25) is 0 Å². The van der Waals surface area contributed by atoms with Crippen molar-refractivity contribution in [3.05, 3.63) is 40.8 Å². The van der Waals surface area contributed by atoms with Gasteiger partial charge in [-0.25, -0.2) is 41.3 Å². The van der Waals surface area contributed by atoms with Crippen LogP contribution in [0.25, 0.3) is 10.6 Å². The molecular formula is C26H29F5N6O5S2. The van der Waals surface area contributed by atoms with Gasteiger partial charge in [0.2, 0.25) is 11.8 Å². The molecule has 1 aliphatic rings. The third-order valence-corrected chi connectivity index (χ3v) is 7.89. The molecule has 44 heavy (non-hydrogen) atoms. The summed E-state index contributed by atoms with van der Waals surface area (Å²) in [6, 6.07) is 2.43. The lowest BCUT2D eigenvalue weighted by molar-refractivity contribution is -0.0723. The maximum absolute atomic E-state index is 14.7. The predicted octanol–water partition coefficient (Wildman–Crippen LogP) is 6.17. The van der Waals surface area contributed by atoms with Crippen LogP contribution in [0.15, 0.2) is 24.4 Å². The fourth-order valence-electron chi connectivity index (χ4n) is 4.19. The van der Waals surface area contributed by atoms with Crippen molar-refractivity contribution in [2.45, 2.75) is 64.4 Å². The largest absolute Gasteiger partial charge is 0.444 e. The number of sulfonamides is 1. The van der Waals surface area contributed by atoms with Crippen LogP contribution in [0.1, 0.15) is 37.8 Å². The van der Waals surface area contributed by atoms with Crippen LogP contribution >= 0.6 is 11.3 Å². The molecule has 1 aliphatic heterocycles. The van der Waals surface area contributed by atoms with E-state index in [1.165, 1.54) is 23.9 Å². The van der Waals surface area contributed by atoms with Crippen molar-refractivity contribution in [1.82, 2.24) is 19.9 Å². The SMILES string of the molecule is Cc1nc(Oc2cc(F)c(NS(=O)(=O)C(F)F)cc2C)c(-c2ccnc(N[C@@H]3CN(C(=O)OC(C)(C)C)CC(F)(F)C3)n2)s1. The minimum absolute atomic E-state index is 0.000798. The Morgan fingerprint density at radius 3 is 2.57 bits per heavy atom. The van der Waals surface area contributed by atoms with Crippen molar-refractivity contribution >= 4 is 39.1 Å². The highest BCUT2D eigenvalue weighted by Gasteiger charge is 2.43. The monoisotopic (exact) mass is 664 g/mol. The average molecular weight is 665 g/mol. The quantitative estimate of drug-likeness (QED) is 0.271. The van der Waals surface area contributed by atoms with E-state index in [1.54, 1.807) is 27.7 Å². The summed E-state index contributed by atoms with van der Waals surface area (Å²) in [6.07, 6.45) is -0.0703. The maximum atomic E-state index is 14.7. The van der Waals surface area contributed by atoms with Gasteiger partial charge in [-0.1, -0.05) is 0 Å². The van der Waals surface area contributed by atoms with E-state index in [0.29, 0.717) is 9.88 Å². The van der Waals surface area contributed by atoms with Gasteiger partial charge in [-0.05, 0) is 52.3 Å². The lowest BCUT2D eigenvalue weighted by Gasteiger charge is -2.38. The van der Waals surface area contributed by atoms with Gasteiger partial charge >= 0.3 is 11.9 Å². The van der Waals surface area contributed by atoms with Crippen LogP contribution in [-0.4, -0.2) is 70.8 Å². The zero-order chi connectivity index (χ0) is 32.6. The Morgan fingerprint density at radius 1 is 1.20 bits per heavy atom. The third kappa shape index (κ3) is 8.22. The van der Waals surface area contributed by atoms with E-state index in [-0.39, 0.29) is 35.4 Å². The molecule has 18 heteroatoms. The van der Waals surface area contributed by atoms with E-state index in [1.807, 2.05) is 0 Å². The second-order valence-electron chi connectivity index (χ2n) is 11.0. The number of halogens is 5. The Hall–Kier alpha value is -3.80. The summed E-state index contributed by atoms with van der Waals surface area (Å²) in [7, 11) is -5.10. The van der Waals surface area contributed by atoms with Gasteiger partial charge in [0.25, 0.3) is 15.9 Å². The van der Waals surface area contributed by atoms with E-state index >= 15 is 0 Å². The Balaban J connectivity index is 1.55. The number of hydrogen-bond donors (Lipinski definition) is 2. The molecule has 0 saturated carbocycles. The van der Waals surface area contributed by atoms with Crippen LogP contribution in [0.5, 0.6) is 11.6 Å². The standard InChI is InChI=1S/C26H29F5N6O5S2/c1-13-8-18(36-44(39,40)22(28)29)16(27)9-19(13)41-21-20(43-14(2)33-21)17-6-7-32-23(35-17)34-15-10-26(30,31)12-37(11-15)24(38)42-25(3,4)5/h6-9,15,22,36H,10-12H2,1-5H3,(H,32,34,35)/t15-/m0/s1. The number of piperidine rings is 1. The molecule has 0 unspecified atom stereocenters. The maximum Gasteiger partial charge on any atom is 0.410 e. The summed E-state index contributed by atoms with van der Waals surface area (Å²) in [5.74, 6) is -8.20. The topological polar surface area (TPSA) is 136 Å². The third-order valence-electron chi connectivity index (χ3n) is 5.94. The number of carbonyl (C=O) groups excluding carboxylic acids is 1. The van der Waals surface area contributed by atoms with Crippen molar-refractivity contribution in [3.8, 4) is 22.2 Å². The molecular weight excluding hydrogens is 635 g/mol. The highest BCUT2D eigenvalue weighted by Crippen LogP contribution is 2.39. The number of alkyl halides is 4. The van der Waals surface area contributed by atoms with E-state index < -0.39 is 63.9 Å². The van der Waals surface area contributed by atoms with Gasteiger partial charge in [0.05, 0.1) is 29.0 Å². The molecule has 3 heterocycles. The van der Waals surface area contributed by atoms with Crippen molar-refractivity contribution in [1.29, 1.82) is 0 Å². The number of amides is 1. The number of aryl methyl sites for hydroxylation is 2. The molecule has 11 nitrogen and oxygen atoms in total. The number of carbonyl (C=O) groups is 1. The molecule has 0 radical (unpaired) electrons. The van der Waals surface area contributed by atoms with Crippen molar-refractivity contribution in [2.75, 3.05) is 23.1 Å². The van der Waals surface area contributed by atoms with E-state index in [4.69, 9.17) is 9.47 Å². The summed E-state index contributed by atoms with van der Waals surface area (Å²) >= 11 is 1.16. The summed E-state index contributed by atoms with van der Waals surface area (Å²) < 4.78 is 105. The summed E-state index contributed by atoms with van der Waals surface area (Å²) in [4.78, 5) is 26.6. The van der Waals surface area contributed by atoms with Gasteiger partial charge in [0.1, 0.15) is 16.2 Å². The van der Waals surface area contributed by atoms with Gasteiger partial charge in [-0.3, -0.25) is 4.72 Å². The molecule has 2 N–H and O–H groups in total. The molecule has 0 aliphatic carbocycles. The van der Waals surface area contributed by atoms with Crippen molar-refractivity contribution in [2.24, 2.45) is 0 Å². The summed E-state index contributed by atoms with van der Waals surface area (Å²) in [5.41, 5.74) is -1.06. The first-order valence-electron chi connectivity index (χ1n) is 13.0. The van der Waals surface area contributed by atoms with Crippen LogP contribution in [-0.2, 0) is 14.8 Å². The molecule has 1 fully saturated rings.